The molecule has 0 heterocycles. The first-order valence-corrected chi connectivity index (χ1v) is 6.77. The zero-order valence-electron chi connectivity index (χ0n) is 12.6. The summed E-state index contributed by atoms with van der Waals surface area (Å²) in [6.45, 7) is 7.65. The third kappa shape index (κ3) is 4.96. The van der Waals surface area contributed by atoms with E-state index in [4.69, 9.17) is 5.73 Å². The number of ketones is 1. The summed E-state index contributed by atoms with van der Waals surface area (Å²) in [5.41, 5.74) is 8.51. The van der Waals surface area contributed by atoms with E-state index in [1.165, 1.54) is 11.1 Å². The minimum absolute atomic E-state index is 0.121. The Kier molecular flexibility index (Phi) is 5.62. The summed E-state index contributed by atoms with van der Waals surface area (Å²) in [6.07, 6.45) is 0.836. The van der Waals surface area contributed by atoms with Gasteiger partial charge in [0.15, 0.2) is 11.5 Å². The van der Waals surface area contributed by atoms with Crippen LogP contribution in [-0.2, 0) is 16.0 Å². The summed E-state index contributed by atoms with van der Waals surface area (Å²) in [5.74, 6) is -1.03. The number of carbonyl (C=O) groups is 2. The maximum Gasteiger partial charge on any atom is 0.270 e. The molecule has 0 saturated carbocycles. The second kappa shape index (κ2) is 6.98. The largest absolute Gasteiger partial charge is 0.364 e. The average molecular weight is 274 g/mol. The van der Waals surface area contributed by atoms with Crippen LogP contribution in [0.1, 0.15) is 37.0 Å². The zero-order valence-corrected chi connectivity index (χ0v) is 12.6. The summed E-state index contributed by atoms with van der Waals surface area (Å²) in [4.78, 5) is 27.3. The first kappa shape index (κ1) is 16.1. The molecule has 0 spiro atoms. The Morgan fingerprint density at radius 2 is 1.70 bits per heavy atom. The van der Waals surface area contributed by atoms with Gasteiger partial charge in [-0.15, -0.1) is 0 Å². The highest BCUT2D eigenvalue weighted by atomic mass is 16.2. The van der Waals surface area contributed by atoms with E-state index in [0.29, 0.717) is 6.42 Å². The van der Waals surface area contributed by atoms with E-state index in [2.05, 4.69) is 11.1 Å². The molecule has 0 aliphatic heterocycles. The van der Waals surface area contributed by atoms with Crippen molar-refractivity contribution in [3.05, 3.63) is 34.9 Å². The van der Waals surface area contributed by atoms with Crippen LogP contribution in [0.15, 0.2) is 23.2 Å². The van der Waals surface area contributed by atoms with Gasteiger partial charge in [-0.25, -0.2) is 0 Å². The fourth-order valence-corrected chi connectivity index (χ4v) is 2.12. The van der Waals surface area contributed by atoms with Crippen molar-refractivity contribution in [1.82, 2.24) is 0 Å². The number of rotatable bonds is 6. The molecule has 1 amide bonds. The Morgan fingerprint density at radius 3 is 2.15 bits per heavy atom. The van der Waals surface area contributed by atoms with Crippen LogP contribution in [0.5, 0.6) is 0 Å². The van der Waals surface area contributed by atoms with E-state index in [1.54, 1.807) is 13.8 Å². The molecule has 2 N–H and O–H groups in total. The maximum atomic E-state index is 12.0. The van der Waals surface area contributed by atoms with E-state index in [1.807, 2.05) is 26.0 Å². The highest BCUT2D eigenvalue weighted by molar-refractivity contribution is 6.65. The fourth-order valence-electron chi connectivity index (χ4n) is 2.12. The number of carbonyl (C=O) groups excluding carboxylic acids is 2. The standard InChI is InChI=1S/C16H22N2O2/c1-10(2)18-15(16(17)20)14(19)6-5-13-8-11(3)7-12(4)9-13/h7-10H,5-6H2,1-4H3,(H2,17,20). The topological polar surface area (TPSA) is 72.5 Å². The van der Waals surface area contributed by atoms with Crippen LogP contribution in [0.25, 0.3) is 0 Å². The van der Waals surface area contributed by atoms with Crippen LogP contribution in [0.4, 0.5) is 0 Å². The quantitative estimate of drug-likeness (QED) is 0.637. The second-order valence-electron chi connectivity index (χ2n) is 5.35. The Labute approximate surface area is 120 Å². The van der Waals surface area contributed by atoms with Gasteiger partial charge in [-0.2, -0.15) is 0 Å². The number of nitrogens with zero attached hydrogens (tertiary/aromatic N) is 1. The van der Waals surface area contributed by atoms with E-state index in [0.717, 1.165) is 5.56 Å². The molecule has 1 aromatic rings. The number of hydrogen-bond acceptors (Lipinski definition) is 3. The van der Waals surface area contributed by atoms with Crippen LogP contribution >= 0.6 is 0 Å². The lowest BCUT2D eigenvalue weighted by Crippen LogP contribution is -2.32. The first-order valence-electron chi connectivity index (χ1n) is 6.77. The molecule has 0 aliphatic rings. The number of amides is 1. The van der Waals surface area contributed by atoms with Gasteiger partial charge in [0.2, 0.25) is 0 Å². The highest BCUT2D eigenvalue weighted by Gasteiger charge is 2.17. The molecule has 0 unspecified atom stereocenters. The molecule has 0 fully saturated rings. The summed E-state index contributed by atoms with van der Waals surface area (Å²) in [7, 11) is 0. The van der Waals surface area contributed by atoms with Crippen molar-refractivity contribution < 1.29 is 9.59 Å². The number of aliphatic imine (C=N–C) groups is 1. The van der Waals surface area contributed by atoms with Crippen molar-refractivity contribution in [1.29, 1.82) is 0 Å². The first-order chi connectivity index (χ1) is 9.29. The number of primary amides is 1. The predicted octanol–water partition coefficient (Wildman–Crippen LogP) is 2.14. The number of hydrogen-bond donors (Lipinski definition) is 1. The molecule has 0 saturated heterocycles. The lowest BCUT2D eigenvalue weighted by molar-refractivity contribution is -0.116. The zero-order chi connectivity index (χ0) is 15.3. The second-order valence-corrected chi connectivity index (χ2v) is 5.35. The Bertz CT molecular complexity index is 525. The van der Waals surface area contributed by atoms with E-state index in [-0.39, 0.29) is 24.0 Å². The molecule has 0 aromatic heterocycles. The molecule has 0 bridgehead atoms. The average Bonchev–Trinajstić information content (AvgIpc) is 2.31. The van der Waals surface area contributed by atoms with Gasteiger partial charge in [0.05, 0.1) is 0 Å². The number of Topliss-reactive ketones (excluding diaryl/α,β-unsaturated/α-hetero) is 1. The van der Waals surface area contributed by atoms with Gasteiger partial charge in [0, 0.05) is 12.5 Å². The Morgan fingerprint density at radius 1 is 1.15 bits per heavy atom. The lowest BCUT2D eigenvalue weighted by Gasteiger charge is -2.06. The van der Waals surface area contributed by atoms with Crippen LogP contribution in [-0.4, -0.2) is 23.4 Å². The normalized spacial score (nSPS) is 11.8. The van der Waals surface area contributed by atoms with Gasteiger partial charge in [-0.1, -0.05) is 29.3 Å². The van der Waals surface area contributed by atoms with Crippen LogP contribution in [0, 0.1) is 13.8 Å². The van der Waals surface area contributed by atoms with Gasteiger partial charge in [-0.3, -0.25) is 14.6 Å². The monoisotopic (exact) mass is 274 g/mol. The molecule has 4 nitrogen and oxygen atoms in total. The molecule has 1 aromatic carbocycles. The molecule has 108 valence electrons. The third-order valence-corrected chi connectivity index (χ3v) is 2.81. The molecule has 20 heavy (non-hydrogen) atoms. The fraction of sp³-hybridized carbons (Fsp3) is 0.438. The Hall–Kier alpha value is -1.97. The molecule has 1 rings (SSSR count). The maximum absolute atomic E-state index is 12.0. The van der Waals surface area contributed by atoms with Crippen molar-refractivity contribution in [2.24, 2.45) is 10.7 Å². The van der Waals surface area contributed by atoms with Crippen LogP contribution in [0.3, 0.4) is 0 Å². The van der Waals surface area contributed by atoms with Gasteiger partial charge < -0.3 is 5.73 Å². The molecule has 0 radical (unpaired) electrons. The highest BCUT2D eigenvalue weighted by Crippen LogP contribution is 2.11. The van der Waals surface area contributed by atoms with Crippen molar-refractivity contribution in [3.8, 4) is 0 Å². The minimum atomic E-state index is -0.746. The van der Waals surface area contributed by atoms with E-state index in [9.17, 15) is 9.59 Å². The van der Waals surface area contributed by atoms with Crippen molar-refractivity contribution >= 4 is 17.4 Å². The summed E-state index contributed by atoms with van der Waals surface area (Å²) >= 11 is 0. The summed E-state index contributed by atoms with van der Waals surface area (Å²) in [5, 5.41) is 0. The minimum Gasteiger partial charge on any atom is -0.364 e. The smallest absolute Gasteiger partial charge is 0.270 e. The molecule has 4 heteroatoms. The predicted molar refractivity (Wildman–Crippen MR) is 81.0 cm³/mol. The SMILES string of the molecule is Cc1cc(C)cc(CCC(=O)C(=NC(C)C)C(N)=O)c1. The van der Waals surface area contributed by atoms with Gasteiger partial charge in [0.25, 0.3) is 5.91 Å². The number of aryl methyl sites for hydroxylation is 3. The van der Waals surface area contributed by atoms with Crippen molar-refractivity contribution in [2.45, 2.75) is 46.6 Å². The van der Waals surface area contributed by atoms with Gasteiger partial charge in [-0.05, 0) is 39.7 Å². The number of nitrogens with two attached hydrogens (primary N) is 1. The molecular weight excluding hydrogens is 252 g/mol. The lowest BCUT2D eigenvalue weighted by atomic mass is 10.0. The van der Waals surface area contributed by atoms with Crippen LogP contribution < -0.4 is 5.73 Å². The van der Waals surface area contributed by atoms with Gasteiger partial charge in [0.1, 0.15) is 0 Å². The van der Waals surface area contributed by atoms with Gasteiger partial charge >= 0.3 is 0 Å². The molecular formula is C16H22N2O2. The van der Waals surface area contributed by atoms with Crippen molar-refractivity contribution in [3.63, 3.8) is 0 Å². The summed E-state index contributed by atoms with van der Waals surface area (Å²) in [6, 6.07) is 6.05. The number of benzene rings is 1. The molecule has 0 atom stereocenters. The van der Waals surface area contributed by atoms with Crippen LogP contribution in [0.2, 0.25) is 0 Å². The molecule has 0 aliphatic carbocycles. The third-order valence-electron chi connectivity index (χ3n) is 2.81. The van der Waals surface area contributed by atoms with Crippen molar-refractivity contribution in [2.75, 3.05) is 0 Å². The Balaban J connectivity index is 2.77. The summed E-state index contributed by atoms with van der Waals surface area (Å²) < 4.78 is 0. The van der Waals surface area contributed by atoms with E-state index < -0.39 is 5.91 Å². The van der Waals surface area contributed by atoms with E-state index >= 15 is 0 Å².